The number of nitrogens with one attached hydrogen (secondary N) is 1. The van der Waals surface area contributed by atoms with Gasteiger partial charge in [-0.2, -0.15) is 0 Å². The number of rotatable bonds is 5. The van der Waals surface area contributed by atoms with Gasteiger partial charge in [0.05, 0.1) is 16.7 Å². The van der Waals surface area contributed by atoms with Gasteiger partial charge in [-0.25, -0.2) is 19.9 Å². The normalized spacial score (nSPS) is 15.1. The molecule has 0 unspecified atom stereocenters. The van der Waals surface area contributed by atoms with Crippen LogP contribution < -0.4 is 10.1 Å². The van der Waals surface area contributed by atoms with Crippen LogP contribution in [0.1, 0.15) is 24.2 Å². The molecule has 1 saturated heterocycles. The van der Waals surface area contributed by atoms with Gasteiger partial charge in [-0.1, -0.05) is 12.1 Å². The molecule has 1 aliphatic rings. The number of hydrogen-bond donors (Lipinski definition) is 1. The Morgan fingerprint density at radius 3 is 2.69 bits per heavy atom. The van der Waals surface area contributed by atoms with Crippen molar-refractivity contribution in [1.82, 2.24) is 19.9 Å². The summed E-state index contributed by atoms with van der Waals surface area (Å²) in [6, 6.07) is 10.1. The second kappa shape index (κ2) is 7.61. The molecule has 3 heterocycles. The summed E-state index contributed by atoms with van der Waals surface area (Å²) in [4.78, 5) is 17.7. The van der Waals surface area contributed by atoms with Crippen LogP contribution in [0.25, 0.3) is 11.0 Å². The van der Waals surface area contributed by atoms with E-state index < -0.39 is 0 Å². The molecule has 1 fully saturated rings. The lowest BCUT2D eigenvalue weighted by molar-refractivity contribution is 0.0904. The minimum absolute atomic E-state index is 0.318. The quantitative estimate of drug-likeness (QED) is 0.757. The molecule has 0 radical (unpaired) electrons. The van der Waals surface area contributed by atoms with Crippen molar-refractivity contribution in [2.75, 3.05) is 18.5 Å². The lowest BCUT2D eigenvalue weighted by atomic mass is 10.1. The molecule has 3 aromatic rings. The van der Waals surface area contributed by atoms with Crippen molar-refractivity contribution >= 4 is 16.9 Å². The number of aryl methyl sites for hydroxylation is 1. The number of nitrogens with zero attached hydrogens (tertiary/aromatic N) is 4. The van der Waals surface area contributed by atoms with Gasteiger partial charge in [0.2, 0.25) is 5.88 Å². The van der Waals surface area contributed by atoms with Crippen molar-refractivity contribution in [2.45, 2.75) is 32.4 Å². The van der Waals surface area contributed by atoms with Gasteiger partial charge in [-0.05, 0) is 31.9 Å². The van der Waals surface area contributed by atoms with E-state index in [1.54, 1.807) is 6.33 Å². The summed E-state index contributed by atoms with van der Waals surface area (Å²) in [6.07, 6.45) is 3.53. The third-order valence-electron chi connectivity index (χ3n) is 4.36. The molecule has 0 spiro atoms. The zero-order chi connectivity index (χ0) is 17.8. The molecule has 0 aliphatic carbocycles. The molecule has 1 aromatic carbocycles. The van der Waals surface area contributed by atoms with Gasteiger partial charge in [0.1, 0.15) is 24.4 Å². The molecule has 26 heavy (non-hydrogen) atoms. The van der Waals surface area contributed by atoms with E-state index in [1.165, 1.54) is 0 Å². The Morgan fingerprint density at radius 1 is 1.12 bits per heavy atom. The molecule has 1 aliphatic heterocycles. The number of fused-ring (bicyclic) bond motifs is 1. The first-order valence-corrected chi connectivity index (χ1v) is 8.79. The van der Waals surface area contributed by atoms with E-state index in [9.17, 15) is 0 Å². The molecule has 7 nitrogen and oxygen atoms in total. The summed E-state index contributed by atoms with van der Waals surface area (Å²) < 4.78 is 11.2. The number of aromatic nitrogens is 4. The van der Waals surface area contributed by atoms with Crippen molar-refractivity contribution in [2.24, 2.45) is 0 Å². The van der Waals surface area contributed by atoms with E-state index in [-0.39, 0.29) is 0 Å². The van der Waals surface area contributed by atoms with Gasteiger partial charge in [0, 0.05) is 25.3 Å². The van der Waals surface area contributed by atoms with Gasteiger partial charge < -0.3 is 14.8 Å². The van der Waals surface area contributed by atoms with E-state index in [4.69, 9.17) is 9.47 Å². The first-order valence-electron chi connectivity index (χ1n) is 8.79. The van der Waals surface area contributed by atoms with Crippen LogP contribution in [0.3, 0.4) is 0 Å². The van der Waals surface area contributed by atoms with Crippen molar-refractivity contribution < 1.29 is 9.47 Å². The van der Waals surface area contributed by atoms with Crippen molar-refractivity contribution in [1.29, 1.82) is 0 Å². The third-order valence-corrected chi connectivity index (χ3v) is 4.36. The summed E-state index contributed by atoms with van der Waals surface area (Å²) in [5, 5.41) is 3.44. The molecule has 0 bridgehead atoms. The lowest BCUT2D eigenvalue weighted by Gasteiger charge is -2.23. The smallest absolute Gasteiger partial charge is 0.236 e. The van der Waals surface area contributed by atoms with Crippen LogP contribution in [0.4, 0.5) is 5.82 Å². The second-order valence-electron chi connectivity index (χ2n) is 6.32. The second-order valence-corrected chi connectivity index (χ2v) is 6.32. The zero-order valence-electron chi connectivity index (χ0n) is 14.7. The van der Waals surface area contributed by atoms with Gasteiger partial charge >= 0.3 is 0 Å². The predicted molar refractivity (Wildman–Crippen MR) is 98.1 cm³/mol. The first-order chi connectivity index (χ1) is 12.8. The molecular weight excluding hydrogens is 330 g/mol. The molecule has 0 atom stereocenters. The highest BCUT2D eigenvalue weighted by Gasteiger charge is 2.14. The highest BCUT2D eigenvalue weighted by atomic mass is 16.5. The average molecular weight is 351 g/mol. The molecule has 4 rings (SSSR count). The largest absolute Gasteiger partial charge is 0.470 e. The van der Waals surface area contributed by atoms with Gasteiger partial charge in [0.15, 0.2) is 0 Å². The Hall–Kier alpha value is -2.80. The van der Waals surface area contributed by atoms with Crippen LogP contribution in [-0.2, 0) is 11.3 Å². The SMILES string of the molecule is Cc1nc2ccccc2nc1OCc1cc(NC2CCOCC2)ncn1. The average Bonchev–Trinajstić information content (AvgIpc) is 2.67. The summed E-state index contributed by atoms with van der Waals surface area (Å²) in [7, 11) is 0. The van der Waals surface area contributed by atoms with Crippen molar-refractivity contribution in [3.8, 4) is 5.88 Å². The standard InChI is InChI=1S/C19H21N5O2/c1-13-19(24-17-5-3-2-4-16(17)22-13)26-11-15-10-18(21-12-20-15)23-14-6-8-25-9-7-14/h2-5,10,12,14H,6-9,11H2,1H3,(H,20,21,23). The van der Waals surface area contributed by atoms with Crippen LogP contribution in [0.2, 0.25) is 0 Å². The van der Waals surface area contributed by atoms with E-state index in [0.717, 1.165) is 54.3 Å². The van der Waals surface area contributed by atoms with Gasteiger partial charge in [-0.15, -0.1) is 0 Å². The Labute approximate surface area is 151 Å². The Balaban J connectivity index is 1.44. The van der Waals surface area contributed by atoms with Crippen LogP contribution in [0.15, 0.2) is 36.7 Å². The first kappa shape index (κ1) is 16.7. The number of benzene rings is 1. The molecule has 2 aromatic heterocycles. The summed E-state index contributed by atoms with van der Waals surface area (Å²) in [5.41, 5.74) is 3.24. The Bertz CT molecular complexity index is 896. The fraction of sp³-hybridized carbons (Fsp3) is 0.368. The maximum Gasteiger partial charge on any atom is 0.236 e. The minimum Gasteiger partial charge on any atom is -0.470 e. The highest BCUT2D eigenvalue weighted by Crippen LogP contribution is 2.19. The minimum atomic E-state index is 0.318. The van der Waals surface area contributed by atoms with E-state index in [1.807, 2.05) is 37.3 Å². The number of para-hydroxylation sites is 2. The molecule has 7 heteroatoms. The maximum atomic E-state index is 5.86. The lowest BCUT2D eigenvalue weighted by Crippen LogP contribution is -2.28. The molecule has 0 amide bonds. The molecular formula is C19H21N5O2. The van der Waals surface area contributed by atoms with E-state index >= 15 is 0 Å². The van der Waals surface area contributed by atoms with Crippen LogP contribution in [0.5, 0.6) is 5.88 Å². The highest BCUT2D eigenvalue weighted by molar-refractivity contribution is 5.74. The van der Waals surface area contributed by atoms with Crippen molar-refractivity contribution in [3.05, 3.63) is 48.0 Å². The fourth-order valence-corrected chi connectivity index (χ4v) is 2.96. The monoisotopic (exact) mass is 351 g/mol. The van der Waals surface area contributed by atoms with E-state index in [0.29, 0.717) is 18.5 Å². The van der Waals surface area contributed by atoms with Gasteiger partial charge in [0.25, 0.3) is 0 Å². The Kier molecular flexibility index (Phi) is 4.88. The number of hydrogen-bond acceptors (Lipinski definition) is 7. The van der Waals surface area contributed by atoms with E-state index in [2.05, 4.69) is 25.3 Å². The Morgan fingerprint density at radius 2 is 1.88 bits per heavy atom. The molecule has 134 valence electrons. The maximum absolute atomic E-state index is 5.86. The van der Waals surface area contributed by atoms with Crippen molar-refractivity contribution in [3.63, 3.8) is 0 Å². The van der Waals surface area contributed by atoms with Crippen LogP contribution in [0, 0.1) is 6.92 Å². The summed E-state index contributed by atoms with van der Waals surface area (Å²) in [5.74, 6) is 1.34. The topological polar surface area (TPSA) is 82.1 Å². The van der Waals surface area contributed by atoms with Crippen LogP contribution >= 0.6 is 0 Å². The fourth-order valence-electron chi connectivity index (χ4n) is 2.96. The van der Waals surface area contributed by atoms with Gasteiger partial charge in [-0.3, -0.25) is 0 Å². The van der Waals surface area contributed by atoms with Crippen LogP contribution in [-0.4, -0.2) is 39.2 Å². The molecule has 0 saturated carbocycles. The summed E-state index contributed by atoms with van der Waals surface area (Å²) >= 11 is 0. The summed E-state index contributed by atoms with van der Waals surface area (Å²) in [6.45, 7) is 3.79. The predicted octanol–water partition coefficient (Wildman–Crippen LogP) is 2.90. The number of ether oxygens (including phenoxy) is 2. The molecule has 1 N–H and O–H groups in total. The third kappa shape index (κ3) is 3.88. The zero-order valence-corrected chi connectivity index (χ0v) is 14.7. The number of anilines is 1.